The molecule has 2 N–H and O–H groups in total. The van der Waals surface area contributed by atoms with Gasteiger partial charge in [-0.3, -0.25) is 0 Å². The van der Waals surface area contributed by atoms with Crippen LogP contribution in [0, 0.1) is 0 Å². The van der Waals surface area contributed by atoms with Crippen molar-refractivity contribution in [2.75, 3.05) is 11.9 Å². The summed E-state index contributed by atoms with van der Waals surface area (Å²) < 4.78 is 5.65. The van der Waals surface area contributed by atoms with Gasteiger partial charge in [-0.1, -0.05) is 18.2 Å². The molecule has 0 fully saturated rings. The second kappa shape index (κ2) is 5.45. The molecule has 0 aromatic heterocycles. The van der Waals surface area contributed by atoms with Crippen LogP contribution in [-0.4, -0.2) is 11.7 Å². The van der Waals surface area contributed by atoms with E-state index in [1.807, 2.05) is 43.3 Å². The molecule has 0 spiro atoms. The molecule has 3 rings (SSSR count). The van der Waals surface area contributed by atoms with E-state index in [4.69, 9.17) is 4.74 Å². The number of nitrogens with one attached hydrogen (secondary N) is 1. The van der Waals surface area contributed by atoms with Gasteiger partial charge in [0, 0.05) is 0 Å². The van der Waals surface area contributed by atoms with E-state index in [1.165, 1.54) is 11.1 Å². The van der Waals surface area contributed by atoms with Gasteiger partial charge in [-0.2, -0.15) is 0 Å². The third-order valence-corrected chi connectivity index (χ3v) is 3.72. The normalized spacial score (nSPS) is 16.8. The van der Waals surface area contributed by atoms with Crippen LogP contribution in [0.5, 0.6) is 11.5 Å². The molecule has 0 radical (unpaired) electrons. The Kier molecular flexibility index (Phi) is 3.50. The average Bonchev–Trinajstić information content (AvgIpc) is 2.83. The number of aromatic hydroxyl groups is 1. The molecule has 0 saturated carbocycles. The third-order valence-electron chi connectivity index (χ3n) is 3.72. The molecule has 0 bridgehead atoms. The SMILES string of the molecule is CCOc1ccccc1NC1CCc2cc(O)ccc21. The molecule has 20 heavy (non-hydrogen) atoms. The lowest BCUT2D eigenvalue weighted by Crippen LogP contribution is -2.08. The molecule has 1 unspecified atom stereocenters. The summed E-state index contributed by atoms with van der Waals surface area (Å²) in [4.78, 5) is 0. The number of phenolic OH excluding ortho intramolecular Hbond substituents is 1. The van der Waals surface area contributed by atoms with Gasteiger partial charge in [0.05, 0.1) is 18.3 Å². The van der Waals surface area contributed by atoms with Crippen LogP contribution in [0.1, 0.15) is 30.5 Å². The lowest BCUT2D eigenvalue weighted by atomic mass is 10.1. The van der Waals surface area contributed by atoms with Gasteiger partial charge >= 0.3 is 0 Å². The first-order valence-electron chi connectivity index (χ1n) is 7.08. The van der Waals surface area contributed by atoms with Crippen LogP contribution >= 0.6 is 0 Å². The van der Waals surface area contributed by atoms with Crippen molar-refractivity contribution >= 4 is 5.69 Å². The summed E-state index contributed by atoms with van der Waals surface area (Å²) in [6.07, 6.45) is 2.04. The predicted molar refractivity (Wildman–Crippen MR) is 80.4 cm³/mol. The zero-order valence-corrected chi connectivity index (χ0v) is 11.6. The van der Waals surface area contributed by atoms with Gasteiger partial charge in [-0.05, 0) is 55.2 Å². The van der Waals surface area contributed by atoms with Gasteiger partial charge in [0.15, 0.2) is 0 Å². The maximum atomic E-state index is 9.55. The van der Waals surface area contributed by atoms with Crippen LogP contribution in [0.3, 0.4) is 0 Å². The number of anilines is 1. The van der Waals surface area contributed by atoms with Crippen LogP contribution in [0.4, 0.5) is 5.69 Å². The van der Waals surface area contributed by atoms with Crippen molar-refractivity contribution in [2.24, 2.45) is 0 Å². The van der Waals surface area contributed by atoms with Crippen LogP contribution in [0.25, 0.3) is 0 Å². The highest BCUT2D eigenvalue weighted by atomic mass is 16.5. The van der Waals surface area contributed by atoms with Gasteiger partial charge in [0.2, 0.25) is 0 Å². The molecular formula is C17H19NO2. The Morgan fingerprint density at radius 2 is 2.10 bits per heavy atom. The minimum atomic E-state index is 0.284. The van der Waals surface area contributed by atoms with Crippen molar-refractivity contribution in [3.8, 4) is 11.5 Å². The minimum absolute atomic E-state index is 0.284. The third kappa shape index (κ3) is 2.44. The molecule has 1 aliphatic carbocycles. The molecule has 0 amide bonds. The number of benzene rings is 2. The molecular weight excluding hydrogens is 250 g/mol. The molecule has 2 aromatic rings. The number of aryl methyl sites for hydroxylation is 1. The molecule has 3 heteroatoms. The quantitative estimate of drug-likeness (QED) is 0.884. The standard InChI is InChI=1S/C17H19NO2/c1-2-20-17-6-4-3-5-16(17)18-15-10-7-12-11-13(19)8-9-14(12)15/h3-6,8-9,11,15,18-19H,2,7,10H2,1H3. The summed E-state index contributed by atoms with van der Waals surface area (Å²) in [6, 6.07) is 13.9. The van der Waals surface area contributed by atoms with Crippen molar-refractivity contribution < 1.29 is 9.84 Å². The highest BCUT2D eigenvalue weighted by molar-refractivity contribution is 5.58. The Balaban J connectivity index is 1.84. The van der Waals surface area contributed by atoms with Crippen molar-refractivity contribution in [1.29, 1.82) is 0 Å². The van der Waals surface area contributed by atoms with E-state index in [-0.39, 0.29) is 6.04 Å². The highest BCUT2D eigenvalue weighted by Gasteiger charge is 2.23. The van der Waals surface area contributed by atoms with Crippen LogP contribution < -0.4 is 10.1 Å². The fourth-order valence-corrected chi connectivity index (χ4v) is 2.81. The average molecular weight is 269 g/mol. The predicted octanol–water partition coefficient (Wildman–Crippen LogP) is 3.89. The molecule has 1 aliphatic rings. The smallest absolute Gasteiger partial charge is 0.142 e. The zero-order valence-electron chi connectivity index (χ0n) is 11.6. The van der Waals surface area contributed by atoms with Crippen molar-refractivity contribution in [2.45, 2.75) is 25.8 Å². The molecule has 2 aromatic carbocycles. The summed E-state index contributed by atoms with van der Waals surface area (Å²) >= 11 is 0. The van der Waals surface area contributed by atoms with Crippen LogP contribution in [0.15, 0.2) is 42.5 Å². The number of hydrogen-bond donors (Lipinski definition) is 2. The highest BCUT2D eigenvalue weighted by Crippen LogP contribution is 2.37. The number of hydrogen-bond acceptors (Lipinski definition) is 3. The maximum absolute atomic E-state index is 9.55. The van der Waals surface area contributed by atoms with E-state index in [0.29, 0.717) is 12.4 Å². The Labute approximate surface area is 119 Å². The minimum Gasteiger partial charge on any atom is -0.508 e. The van der Waals surface area contributed by atoms with E-state index in [2.05, 4.69) is 5.32 Å². The van der Waals surface area contributed by atoms with Gasteiger partial charge < -0.3 is 15.2 Å². The van der Waals surface area contributed by atoms with E-state index in [9.17, 15) is 5.11 Å². The summed E-state index contributed by atoms with van der Waals surface area (Å²) in [6.45, 7) is 2.65. The summed E-state index contributed by atoms with van der Waals surface area (Å²) in [7, 11) is 0. The van der Waals surface area contributed by atoms with E-state index in [0.717, 1.165) is 24.3 Å². The fourth-order valence-electron chi connectivity index (χ4n) is 2.81. The molecule has 0 aliphatic heterocycles. The van der Waals surface area contributed by atoms with E-state index < -0.39 is 0 Å². The summed E-state index contributed by atoms with van der Waals surface area (Å²) in [5.41, 5.74) is 3.53. The van der Waals surface area contributed by atoms with Gasteiger partial charge in [-0.15, -0.1) is 0 Å². The van der Waals surface area contributed by atoms with E-state index >= 15 is 0 Å². The number of ether oxygens (including phenoxy) is 1. The number of fused-ring (bicyclic) bond motifs is 1. The molecule has 3 nitrogen and oxygen atoms in total. The number of para-hydroxylation sites is 2. The Hall–Kier alpha value is -2.16. The molecule has 104 valence electrons. The van der Waals surface area contributed by atoms with Crippen molar-refractivity contribution in [1.82, 2.24) is 0 Å². The summed E-state index contributed by atoms with van der Waals surface area (Å²) in [5, 5.41) is 13.1. The first-order valence-corrected chi connectivity index (χ1v) is 7.08. The largest absolute Gasteiger partial charge is 0.508 e. The van der Waals surface area contributed by atoms with Crippen molar-refractivity contribution in [3.05, 3.63) is 53.6 Å². The molecule has 0 heterocycles. The van der Waals surface area contributed by atoms with Crippen LogP contribution in [-0.2, 0) is 6.42 Å². The van der Waals surface area contributed by atoms with Gasteiger partial charge in [0.1, 0.15) is 11.5 Å². The van der Waals surface area contributed by atoms with Gasteiger partial charge in [0.25, 0.3) is 0 Å². The lowest BCUT2D eigenvalue weighted by Gasteiger charge is -2.18. The van der Waals surface area contributed by atoms with Crippen LogP contribution in [0.2, 0.25) is 0 Å². The Bertz CT molecular complexity index is 610. The first kappa shape index (κ1) is 12.9. The van der Waals surface area contributed by atoms with Gasteiger partial charge in [-0.25, -0.2) is 0 Å². The fraction of sp³-hybridized carbons (Fsp3) is 0.294. The number of phenols is 1. The summed E-state index contributed by atoms with van der Waals surface area (Å²) in [5.74, 6) is 1.24. The lowest BCUT2D eigenvalue weighted by molar-refractivity contribution is 0.341. The first-order chi connectivity index (χ1) is 9.78. The van der Waals surface area contributed by atoms with E-state index in [1.54, 1.807) is 6.07 Å². The monoisotopic (exact) mass is 269 g/mol. The Morgan fingerprint density at radius 1 is 1.25 bits per heavy atom. The Morgan fingerprint density at radius 3 is 2.95 bits per heavy atom. The van der Waals surface area contributed by atoms with Crippen molar-refractivity contribution in [3.63, 3.8) is 0 Å². The molecule has 0 saturated heterocycles. The zero-order chi connectivity index (χ0) is 13.9. The molecule has 1 atom stereocenters. The maximum Gasteiger partial charge on any atom is 0.142 e. The number of rotatable bonds is 4. The second-order valence-electron chi connectivity index (χ2n) is 5.05. The topological polar surface area (TPSA) is 41.5 Å². The second-order valence-corrected chi connectivity index (χ2v) is 5.05.